The number of hydrogen-bond acceptors (Lipinski definition) is 3. The van der Waals surface area contributed by atoms with E-state index in [1.807, 2.05) is 12.1 Å². The maximum atomic E-state index is 6.32. The van der Waals surface area contributed by atoms with E-state index in [-0.39, 0.29) is 0 Å². The fourth-order valence-electron chi connectivity index (χ4n) is 10.7. The molecule has 330 valence electrons. The molecule has 0 saturated carbocycles. The third kappa shape index (κ3) is 6.67. The number of rotatable bonds is 12. The van der Waals surface area contributed by atoms with Gasteiger partial charge in [0.05, 0.1) is 28.7 Å². The Balaban J connectivity index is 0.885. The number of ether oxygens (including phenoxy) is 1. The molecule has 0 aliphatic carbocycles. The Kier molecular flexibility index (Phi) is 9.71. The van der Waals surface area contributed by atoms with Crippen LogP contribution in [0.15, 0.2) is 191 Å². The number of para-hydroxylation sites is 2. The second-order valence-corrected chi connectivity index (χ2v) is 18.5. The van der Waals surface area contributed by atoms with Crippen molar-refractivity contribution < 1.29 is 13.6 Å². The standard InChI is InChI=1S/C63H50N2O3/c1-3-5-11-32-66-47-25-31-63-55(39-47)54-37-44(24-30-62(54)68-63)42-22-27-59-51(35-42)49-17-8-10-19-57(49)65(59)46-15-12-14-45(38-46)64-56-18-9-7-16-48(56)50-34-41(21-26-58(50)64)43-23-29-61-53(36-43)52-33-40(13-6-4-2)20-28-60(52)67-61/h7-10,12,14-31,33-39H,3-6,11,13,32H2,1-2H3. The van der Waals surface area contributed by atoms with E-state index in [0.29, 0.717) is 0 Å². The highest BCUT2D eigenvalue weighted by Crippen LogP contribution is 2.41. The van der Waals surface area contributed by atoms with Crippen molar-refractivity contribution in [2.45, 2.75) is 52.4 Å². The Hall–Kier alpha value is -8.02. The Labute approximate surface area is 394 Å². The average Bonchev–Trinajstić information content (AvgIpc) is 4.13. The van der Waals surface area contributed by atoms with Gasteiger partial charge in [-0.2, -0.15) is 0 Å². The predicted molar refractivity (Wildman–Crippen MR) is 284 cm³/mol. The van der Waals surface area contributed by atoms with Crippen LogP contribution in [0.1, 0.15) is 51.5 Å². The third-order valence-electron chi connectivity index (χ3n) is 14.2. The Morgan fingerprint density at radius 2 is 0.838 bits per heavy atom. The van der Waals surface area contributed by atoms with Gasteiger partial charge in [0.1, 0.15) is 28.1 Å². The Morgan fingerprint density at radius 3 is 1.41 bits per heavy atom. The molecule has 5 nitrogen and oxygen atoms in total. The molecule has 9 aromatic carbocycles. The highest BCUT2D eigenvalue weighted by Gasteiger charge is 2.19. The number of benzene rings is 9. The van der Waals surface area contributed by atoms with Gasteiger partial charge in [-0.3, -0.25) is 0 Å². The minimum Gasteiger partial charge on any atom is -0.494 e. The van der Waals surface area contributed by atoms with Crippen molar-refractivity contribution >= 4 is 87.5 Å². The van der Waals surface area contributed by atoms with Gasteiger partial charge >= 0.3 is 0 Å². The fourth-order valence-corrected chi connectivity index (χ4v) is 10.7. The van der Waals surface area contributed by atoms with Crippen LogP contribution in [0.25, 0.3) is 121 Å². The molecule has 68 heavy (non-hydrogen) atoms. The van der Waals surface area contributed by atoms with Crippen molar-refractivity contribution in [2.24, 2.45) is 0 Å². The number of aromatic nitrogens is 2. The molecule has 0 radical (unpaired) electrons. The van der Waals surface area contributed by atoms with Crippen molar-refractivity contribution in [3.63, 3.8) is 0 Å². The highest BCUT2D eigenvalue weighted by molar-refractivity contribution is 6.13. The molecule has 4 aromatic heterocycles. The lowest BCUT2D eigenvalue weighted by molar-refractivity contribution is 0.306. The quantitative estimate of drug-likeness (QED) is 0.115. The molecule has 0 saturated heterocycles. The summed E-state index contributed by atoms with van der Waals surface area (Å²) in [4.78, 5) is 0. The summed E-state index contributed by atoms with van der Waals surface area (Å²) >= 11 is 0. The van der Waals surface area contributed by atoms with Crippen LogP contribution in [0.2, 0.25) is 0 Å². The Bertz CT molecular complexity index is 4080. The molecule has 0 amide bonds. The molecule has 13 aromatic rings. The molecule has 5 heteroatoms. The monoisotopic (exact) mass is 882 g/mol. The van der Waals surface area contributed by atoms with E-state index in [0.717, 1.165) is 80.8 Å². The molecule has 0 N–H and O–H groups in total. The second-order valence-electron chi connectivity index (χ2n) is 18.5. The minimum absolute atomic E-state index is 0.725. The molecule has 13 rings (SSSR count). The molecule has 4 heterocycles. The average molecular weight is 883 g/mol. The van der Waals surface area contributed by atoms with Gasteiger partial charge in [-0.1, -0.05) is 106 Å². The van der Waals surface area contributed by atoms with Crippen LogP contribution in [-0.2, 0) is 6.42 Å². The lowest BCUT2D eigenvalue weighted by atomic mass is 9.99. The number of aryl methyl sites for hydroxylation is 1. The van der Waals surface area contributed by atoms with E-state index in [1.54, 1.807) is 0 Å². The van der Waals surface area contributed by atoms with E-state index >= 15 is 0 Å². The van der Waals surface area contributed by atoms with Crippen molar-refractivity contribution in [3.8, 4) is 39.4 Å². The van der Waals surface area contributed by atoms with Crippen LogP contribution in [-0.4, -0.2) is 15.7 Å². The molecular formula is C63H50N2O3. The lowest BCUT2D eigenvalue weighted by Crippen LogP contribution is -1.98. The second kappa shape index (κ2) is 16.4. The summed E-state index contributed by atoms with van der Waals surface area (Å²) in [6.45, 7) is 5.19. The SMILES string of the molecule is CCCCCOc1ccc2oc3ccc(-c4ccc5c(c4)c4ccccc4n5-c4cccc(-n5c6ccccc6c6cc(-c7ccc8oc9ccc(CCCC)cc9c8c7)ccc65)c4)cc3c2c1. The minimum atomic E-state index is 0.725. The van der Waals surface area contributed by atoms with E-state index in [2.05, 4.69) is 193 Å². The zero-order valence-corrected chi connectivity index (χ0v) is 38.4. The van der Waals surface area contributed by atoms with Crippen LogP contribution in [0.3, 0.4) is 0 Å². The van der Waals surface area contributed by atoms with E-state index in [1.165, 1.54) is 96.8 Å². The summed E-state index contributed by atoms with van der Waals surface area (Å²) in [5.74, 6) is 0.886. The van der Waals surface area contributed by atoms with Gasteiger partial charge in [0.25, 0.3) is 0 Å². The first-order chi connectivity index (χ1) is 33.6. The van der Waals surface area contributed by atoms with Gasteiger partial charge < -0.3 is 22.7 Å². The number of nitrogens with zero attached hydrogens (tertiary/aromatic N) is 2. The van der Waals surface area contributed by atoms with E-state index < -0.39 is 0 Å². The van der Waals surface area contributed by atoms with Crippen LogP contribution in [0, 0.1) is 0 Å². The van der Waals surface area contributed by atoms with Crippen molar-refractivity contribution in [2.75, 3.05) is 6.61 Å². The zero-order valence-electron chi connectivity index (χ0n) is 38.4. The fraction of sp³-hybridized carbons (Fsp3) is 0.143. The number of hydrogen-bond donors (Lipinski definition) is 0. The van der Waals surface area contributed by atoms with Crippen molar-refractivity contribution in [1.29, 1.82) is 0 Å². The van der Waals surface area contributed by atoms with Crippen LogP contribution >= 0.6 is 0 Å². The number of furan rings is 2. The highest BCUT2D eigenvalue weighted by atomic mass is 16.5. The first kappa shape index (κ1) is 40.3. The van der Waals surface area contributed by atoms with Gasteiger partial charge in [-0.25, -0.2) is 0 Å². The number of unbranched alkanes of at least 4 members (excludes halogenated alkanes) is 3. The van der Waals surface area contributed by atoms with Crippen molar-refractivity contribution in [3.05, 3.63) is 188 Å². The summed E-state index contributed by atoms with van der Waals surface area (Å²) in [6.07, 6.45) is 6.86. The van der Waals surface area contributed by atoms with E-state index in [9.17, 15) is 0 Å². The summed E-state index contributed by atoms with van der Waals surface area (Å²) in [6, 6.07) is 66.5. The maximum absolute atomic E-state index is 6.32. The Morgan fingerprint density at radius 1 is 0.368 bits per heavy atom. The molecule has 0 spiro atoms. The molecule has 0 unspecified atom stereocenters. The molecule has 0 aliphatic heterocycles. The smallest absolute Gasteiger partial charge is 0.135 e. The first-order valence-corrected chi connectivity index (χ1v) is 24.3. The van der Waals surface area contributed by atoms with Gasteiger partial charge in [-0.15, -0.1) is 0 Å². The topological polar surface area (TPSA) is 45.4 Å². The molecule has 0 fully saturated rings. The first-order valence-electron chi connectivity index (χ1n) is 24.3. The summed E-state index contributed by atoms with van der Waals surface area (Å²) in [5, 5.41) is 9.42. The molecule has 0 aliphatic rings. The maximum Gasteiger partial charge on any atom is 0.135 e. The summed E-state index contributed by atoms with van der Waals surface area (Å²) in [5.41, 5.74) is 16.6. The zero-order chi connectivity index (χ0) is 45.3. The van der Waals surface area contributed by atoms with Gasteiger partial charge in [0, 0.05) is 54.5 Å². The van der Waals surface area contributed by atoms with Crippen LogP contribution in [0.4, 0.5) is 0 Å². The predicted octanol–water partition coefficient (Wildman–Crippen LogP) is 17.9. The summed E-state index contributed by atoms with van der Waals surface area (Å²) < 4.78 is 23.6. The molecule has 0 atom stereocenters. The molecular weight excluding hydrogens is 833 g/mol. The lowest BCUT2D eigenvalue weighted by Gasteiger charge is -2.13. The normalized spacial score (nSPS) is 12.1. The van der Waals surface area contributed by atoms with Gasteiger partial charge in [-0.05, 0) is 156 Å². The van der Waals surface area contributed by atoms with Gasteiger partial charge in [0.2, 0.25) is 0 Å². The van der Waals surface area contributed by atoms with Crippen molar-refractivity contribution in [1.82, 2.24) is 9.13 Å². The van der Waals surface area contributed by atoms with Crippen LogP contribution in [0.5, 0.6) is 5.75 Å². The van der Waals surface area contributed by atoms with E-state index in [4.69, 9.17) is 13.6 Å². The number of fused-ring (bicyclic) bond motifs is 12. The summed E-state index contributed by atoms with van der Waals surface area (Å²) in [7, 11) is 0. The largest absolute Gasteiger partial charge is 0.494 e. The molecule has 0 bridgehead atoms. The third-order valence-corrected chi connectivity index (χ3v) is 14.2. The van der Waals surface area contributed by atoms with Gasteiger partial charge in [0.15, 0.2) is 0 Å². The van der Waals surface area contributed by atoms with Crippen LogP contribution < -0.4 is 4.74 Å².